The predicted octanol–water partition coefficient (Wildman–Crippen LogP) is 1.88. The Kier molecular flexibility index (Phi) is 5.56. The fourth-order valence-corrected chi connectivity index (χ4v) is 2.20. The fourth-order valence-electron chi connectivity index (χ4n) is 2.20. The van der Waals surface area contributed by atoms with Gasteiger partial charge in [-0.2, -0.15) is 0 Å². The summed E-state index contributed by atoms with van der Waals surface area (Å²) in [5.74, 6) is 1.02. The van der Waals surface area contributed by atoms with Gasteiger partial charge in [0.15, 0.2) is 0 Å². The molecule has 0 saturated heterocycles. The second-order valence-electron chi connectivity index (χ2n) is 5.13. The molecule has 1 rings (SSSR count). The lowest BCUT2D eigenvalue weighted by atomic mass is 10.1. The highest BCUT2D eigenvalue weighted by molar-refractivity contribution is 5.42. The number of hydrogen-bond donors (Lipinski definition) is 1. The van der Waals surface area contributed by atoms with Crippen molar-refractivity contribution in [2.75, 3.05) is 32.1 Å². The molecule has 0 aliphatic carbocycles. The van der Waals surface area contributed by atoms with Crippen LogP contribution in [0.25, 0.3) is 0 Å². The summed E-state index contributed by atoms with van der Waals surface area (Å²) >= 11 is 0. The minimum atomic E-state index is 0.0506. The molecule has 0 spiro atoms. The van der Waals surface area contributed by atoms with Crippen LogP contribution in [0.3, 0.4) is 0 Å². The van der Waals surface area contributed by atoms with Crippen LogP contribution in [0.4, 0.5) is 5.82 Å². The number of nitrogens with two attached hydrogens (primary N) is 1. The van der Waals surface area contributed by atoms with Gasteiger partial charge < -0.3 is 15.5 Å². The van der Waals surface area contributed by atoms with Crippen LogP contribution in [0, 0.1) is 0 Å². The number of nitrogens with zero attached hydrogens (tertiary/aromatic N) is 3. The number of likely N-dealkylation sites (N-methyl/N-ethyl adjacent to an activating group) is 2. The summed E-state index contributed by atoms with van der Waals surface area (Å²) in [6.45, 7) is 8.34. The third kappa shape index (κ3) is 3.96. The van der Waals surface area contributed by atoms with Gasteiger partial charge in [-0.3, -0.25) is 0 Å². The first kappa shape index (κ1) is 14.9. The molecular formula is C14H26N4. The molecule has 2 atom stereocenters. The van der Waals surface area contributed by atoms with Gasteiger partial charge in [-0.1, -0.05) is 0 Å². The Labute approximate surface area is 111 Å². The summed E-state index contributed by atoms with van der Waals surface area (Å²) in [6, 6.07) is 4.56. The van der Waals surface area contributed by atoms with Crippen molar-refractivity contribution in [3.63, 3.8) is 0 Å². The SMILES string of the molecule is CCN(c1cc([C@@H](C)N)ccn1)C(C)CN(C)C. The van der Waals surface area contributed by atoms with E-state index in [0.717, 1.165) is 24.5 Å². The van der Waals surface area contributed by atoms with E-state index in [1.807, 2.05) is 19.2 Å². The minimum absolute atomic E-state index is 0.0506. The van der Waals surface area contributed by atoms with E-state index in [9.17, 15) is 0 Å². The number of anilines is 1. The Morgan fingerprint density at radius 2 is 2.00 bits per heavy atom. The maximum atomic E-state index is 5.93. The first-order valence-corrected chi connectivity index (χ1v) is 6.58. The van der Waals surface area contributed by atoms with Crippen LogP contribution in [0.2, 0.25) is 0 Å². The molecule has 0 aliphatic rings. The van der Waals surface area contributed by atoms with Crippen molar-refractivity contribution in [2.45, 2.75) is 32.9 Å². The molecule has 1 unspecified atom stereocenters. The lowest BCUT2D eigenvalue weighted by molar-refractivity contribution is 0.372. The largest absolute Gasteiger partial charge is 0.353 e. The zero-order valence-electron chi connectivity index (χ0n) is 12.2. The first-order chi connectivity index (χ1) is 8.45. The summed E-state index contributed by atoms with van der Waals surface area (Å²) in [6.07, 6.45) is 1.85. The van der Waals surface area contributed by atoms with E-state index < -0.39 is 0 Å². The third-order valence-corrected chi connectivity index (χ3v) is 3.09. The number of hydrogen-bond acceptors (Lipinski definition) is 4. The molecule has 4 heteroatoms. The van der Waals surface area contributed by atoms with Gasteiger partial charge in [-0.05, 0) is 52.6 Å². The predicted molar refractivity (Wildman–Crippen MR) is 77.9 cm³/mol. The van der Waals surface area contributed by atoms with Crippen LogP contribution >= 0.6 is 0 Å². The zero-order chi connectivity index (χ0) is 13.7. The molecule has 0 saturated carbocycles. The maximum absolute atomic E-state index is 5.93. The van der Waals surface area contributed by atoms with Crippen molar-refractivity contribution >= 4 is 5.82 Å². The Morgan fingerprint density at radius 3 is 2.50 bits per heavy atom. The van der Waals surface area contributed by atoms with Gasteiger partial charge in [0, 0.05) is 31.4 Å². The molecule has 2 N–H and O–H groups in total. The Hall–Kier alpha value is -1.13. The van der Waals surface area contributed by atoms with Crippen LogP contribution in [0.15, 0.2) is 18.3 Å². The van der Waals surface area contributed by atoms with Crippen molar-refractivity contribution in [3.8, 4) is 0 Å². The molecule has 1 heterocycles. The van der Waals surface area contributed by atoms with Crippen molar-refractivity contribution in [1.29, 1.82) is 0 Å². The van der Waals surface area contributed by atoms with Gasteiger partial charge in [0.05, 0.1) is 0 Å². The zero-order valence-corrected chi connectivity index (χ0v) is 12.2. The lowest BCUT2D eigenvalue weighted by Crippen LogP contribution is -2.40. The third-order valence-electron chi connectivity index (χ3n) is 3.09. The van der Waals surface area contributed by atoms with Crippen LogP contribution in [-0.2, 0) is 0 Å². The molecule has 1 aromatic heterocycles. The number of pyridine rings is 1. The summed E-state index contributed by atoms with van der Waals surface area (Å²) in [7, 11) is 4.19. The second kappa shape index (κ2) is 6.71. The summed E-state index contributed by atoms with van der Waals surface area (Å²) in [5, 5.41) is 0. The topological polar surface area (TPSA) is 45.4 Å². The van der Waals surface area contributed by atoms with Crippen LogP contribution in [-0.4, -0.2) is 43.1 Å². The Balaban J connectivity index is 2.90. The van der Waals surface area contributed by atoms with Crippen molar-refractivity contribution in [2.24, 2.45) is 5.73 Å². The summed E-state index contributed by atoms with van der Waals surface area (Å²) in [4.78, 5) is 8.98. The van der Waals surface area contributed by atoms with Crippen molar-refractivity contribution in [1.82, 2.24) is 9.88 Å². The highest BCUT2D eigenvalue weighted by atomic mass is 15.2. The van der Waals surface area contributed by atoms with E-state index in [0.29, 0.717) is 6.04 Å². The van der Waals surface area contributed by atoms with E-state index in [1.165, 1.54) is 0 Å². The summed E-state index contributed by atoms with van der Waals surface area (Å²) in [5.41, 5.74) is 7.06. The monoisotopic (exact) mass is 250 g/mol. The average molecular weight is 250 g/mol. The number of aromatic nitrogens is 1. The Morgan fingerprint density at radius 1 is 1.33 bits per heavy atom. The molecule has 0 fully saturated rings. The molecule has 0 bridgehead atoms. The van der Waals surface area contributed by atoms with E-state index in [1.54, 1.807) is 0 Å². The lowest BCUT2D eigenvalue weighted by Gasteiger charge is -2.31. The molecule has 0 amide bonds. The van der Waals surface area contributed by atoms with Gasteiger partial charge in [0.2, 0.25) is 0 Å². The summed E-state index contributed by atoms with van der Waals surface area (Å²) < 4.78 is 0. The molecule has 102 valence electrons. The van der Waals surface area contributed by atoms with Gasteiger partial charge in [-0.25, -0.2) is 4.98 Å². The second-order valence-corrected chi connectivity index (χ2v) is 5.13. The van der Waals surface area contributed by atoms with E-state index in [-0.39, 0.29) is 6.04 Å². The van der Waals surface area contributed by atoms with Crippen molar-refractivity contribution in [3.05, 3.63) is 23.9 Å². The van der Waals surface area contributed by atoms with Crippen LogP contribution in [0.5, 0.6) is 0 Å². The van der Waals surface area contributed by atoms with Gasteiger partial charge >= 0.3 is 0 Å². The fraction of sp³-hybridized carbons (Fsp3) is 0.643. The maximum Gasteiger partial charge on any atom is 0.129 e. The van der Waals surface area contributed by atoms with Crippen LogP contribution < -0.4 is 10.6 Å². The molecule has 18 heavy (non-hydrogen) atoms. The van der Waals surface area contributed by atoms with Gasteiger partial charge in [0.1, 0.15) is 5.82 Å². The normalized spacial score (nSPS) is 14.6. The molecule has 0 radical (unpaired) electrons. The van der Waals surface area contributed by atoms with E-state index in [4.69, 9.17) is 5.73 Å². The van der Waals surface area contributed by atoms with Gasteiger partial charge in [0.25, 0.3) is 0 Å². The average Bonchev–Trinajstić information content (AvgIpc) is 2.29. The Bertz CT molecular complexity index is 363. The minimum Gasteiger partial charge on any atom is -0.353 e. The molecular weight excluding hydrogens is 224 g/mol. The molecule has 0 aromatic carbocycles. The smallest absolute Gasteiger partial charge is 0.129 e. The highest BCUT2D eigenvalue weighted by Gasteiger charge is 2.15. The highest BCUT2D eigenvalue weighted by Crippen LogP contribution is 2.18. The standard InChI is InChI=1S/C14H26N4/c1-6-18(11(2)10-17(4)5)14-9-13(12(3)15)7-8-16-14/h7-9,11-12H,6,10,15H2,1-5H3/t11?,12-/m1/s1. The first-order valence-electron chi connectivity index (χ1n) is 6.58. The number of rotatable bonds is 6. The van der Waals surface area contributed by atoms with E-state index in [2.05, 4.69) is 48.8 Å². The van der Waals surface area contributed by atoms with E-state index >= 15 is 0 Å². The molecule has 0 aliphatic heterocycles. The molecule has 4 nitrogen and oxygen atoms in total. The van der Waals surface area contributed by atoms with Crippen LogP contribution in [0.1, 0.15) is 32.4 Å². The quantitative estimate of drug-likeness (QED) is 0.837. The molecule has 1 aromatic rings. The van der Waals surface area contributed by atoms with Gasteiger partial charge in [-0.15, -0.1) is 0 Å². The van der Waals surface area contributed by atoms with Crippen molar-refractivity contribution < 1.29 is 0 Å².